The van der Waals surface area contributed by atoms with Gasteiger partial charge in [0.1, 0.15) is 0 Å². The smallest absolute Gasteiger partial charge is 0.381 e. The molecule has 1 aliphatic rings. The maximum atomic E-state index is 12.7. The minimum Gasteiger partial charge on any atom is -0.381 e. The molecular weight excluding hydrogens is 379 g/mol. The van der Waals surface area contributed by atoms with Crippen LogP contribution in [0.15, 0.2) is 59.5 Å². The van der Waals surface area contributed by atoms with Gasteiger partial charge in [0, 0.05) is 36.4 Å². The van der Waals surface area contributed by atoms with Crippen molar-refractivity contribution in [3.8, 4) is 0 Å². The van der Waals surface area contributed by atoms with E-state index in [2.05, 4.69) is 15.2 Å². The summed E-state index contributed by atoms with van der Waals surface area (Å²) in [5.41, 5.74) is 1.12. The number of rotatable bonds is 4. The van der Waals surface area contributed by atoms with Crippen molar-refractivity contribution in [1.29, 1.82) is 0 Å². The number of benzene rings is 2. The van der Waals surface area contributed by atoms with Gasteiger partial charge in [0.05, 0.1) is 5.56 Å². The average molecular weight is 401 g/mol. The molecule has 2 N–H and O–H groups in total. The molecule has 0 unspecified atom stereocenters. The molecule has 0 spiro atoms. The van der Waals surface area contributed by atoms with Crippen molar-refractivity contribution in [2.24, 2.45) is 0 Å². The highest BCUT2D eigenvalue weighted by Crippen LogP contribution is 2.29. The fraction of sp³-hybridized carbons (Fsp3) is 0.318. The summed E-state index contributed by atoms with van der Waals surface area (Å²) in [5, 5.41) is 5.08. The molecule has 1 saturated heterocycles. The zero-order valence-corrected chi connectivity index (χ0v) is 15.8. The lowest BCUT2D eigenvalue weighted by Crippen LogP contribution is -2.41. The van der Waals surface area contributed by atoms with E-state index in [1.54, 1.807) is 18.3 Å². The Morgan fingerprint density at radius 2 is 1.90 bits per heavy atom. The lowest BCUT2D eigenvalue weighted by Gasteiger charge is -2.33. The van der Waals surface area contributed by atoms with Gasteiger partial charge in [-0.25, -0.2) is 0 Å². The summed E-state index contributed by atoms with van der Waals surface area (Å²) in [6.45, 7) is 2.37. The van der Waals surface area contributed by atoms with Crippen molar-refractivity contribution in [3.05, 3.63) is 76.2 Å². The number of nitrogens with one attached hydrogen (secondary N) is 2. The summed E-state index contributed by atoms with van der Waals surface area (Å²) in [6, 6.07) is 13.2. The number of pyridine rings is 1. The van der Waals surface area contributed by atoms with Crippen LogP contribution in [0.5, 0.6) is 0 Å². The molecule has 4 nitrogen and oxygen atoms in total. The van der Waals surface area contributed by atoms with Crippen LogP contribution in [0.2, 0.25) is 0 Å². The number of likely N-dealkylation sites (tertiary alicyclic amines) is 1. The third-order valence-corrected chi connectivity index (χ3v) is 5.34. The molecule has 0 aliphatic carbocycles. The lowest BCUT2D eigenvalue weighted by atomic mass is 10.0. The van der Waals surface area contributed by atoms with Crippen molar-refractivity contribution in [2.45, 2.75) is 31.6 Å². The molecule has 0 radical (unpaired) electrons. The number of H-pyrrole nitrogens is 1. The molecule has 152 valence electrons. The summed E-state index contributed by atoms with van der Waals surface area (Å²) >= 11 is 0. The first kappa shape index (κ1) is 19.5. The first-order valence-corrected chi connectivity index (χ1v) is 9.65. The topological polar surface area (TPSA) is 48.1 Å². The van der Waals surface area contributed by atoms with Crippen LogP contribution in [0.4, 0.5) is 18.9 Å². The van der Waals surface area contributed by atoms with E-state index in [1.165, 1.54) is 0 Å². The monoisotopic (exact) mass is 401 g/mol. The zero-order chi connectivity index (χ0) is 20.4. The summed E-state index contributed by atoms with van der Waals surface area (Å²) in [5.74, 6) is 0. The second kappa shape index (κ2) is 7.91. The number of fused-ring (bicyclic) bond motifs is 1. The largest absolute Gasteiger partial charge is 0.416 e. The maximum Gasteiger partial charge on any atom is 0.416 e. The van der Waals surface area contributed by atoms with Gasteiger partial charge < -0.3 is 10.3 Å². The molecule has 29 heavy (non-hydrogen) atoms. The number of aromatic amines is 1. The van der Waals surface area contributed by atoms with Gasteiger partial charge in [-0.2, -0.15) is 13.2 Å². The van der Waals surface area contributed by atoms with E-state index < -0.39 is 11.7 Å². The Labute approximate surface area is 166 Å². The van der Waals surface area contributed by atoms with Crippen LogP contribution in [0.3, 0.4) is 0 Å². The summed E-state index contributed by atoms with van der Waals surface area (Å²) in [4.78, 5) is 16.8. The molecule has 1 aromatic heterocycles. The van der Waals surface area contributed by atoms with Gasteiger partial charge in [-0.3, -0.25) is 9.69 Å². The number of halogens is 3. The number of hydrogen-bond donors (Lipinski definition) is 2. The minimum atomic E-state index is -4.30. The summed E-state index contributed by atoms with van der Waals surface area (Å²) < 4.78 is 38.2. The Morgan fingerprint density at radius 1 is 1.10 bits per heavy atom. The minimum absolute atomic E-state index is 0.102. The molecule has 2 aromatic carbocycles. The van der Waals surface area contributed by atoms with Crippen LogP contribution in [0.25, 0.3) is 10.8 Å². The van der Waals surface area contributed by atoms with Gasteiger partial charge in [0.2, 0.25) is 0 Å². The van der Waals surface area contributed by atoms with Crippen LogP contribution < -0.4 is 10.9 Å². The molecule has 2 heterocycles. The maximum absolute atomic E-state index is 12.7. The van der Waals surface area contributed by atoms with Crippen molar-refractivity contribution in [3.63, 3.8) is 0 Å². The first-order chi connectivity index (χ1) is 13.9. The number of alkyl halides is 3. The van der Waals surface area contributed by atoms with E-state index in [0.717, 1.165) is 54.7 Å². The zero-order valence-electron chi connectivity index (χ0n) is 15.8. The predicted octanol–water partition coefficient (Wildman–Crippen LogP) is 4.62. The van der Waals surface area contributed by atoms with Crippen LogP contribution in [-0.2, 0) is 12.7 Å². The molecule has 1 aliphatic heterocycles. The van der Waals surface area contributed by atoms with E-state index >= 15 is 0 Å². The van der Waals surface area contributed by atoms with Crippen molar-refractivity contribution < 1.29 is 13.2 Å². The van der Waals surface area contributed by atoms with Crippen molar-refractivity contribution >= 4 is 16.5 Å². The second-order valence-corrected chi connectivity index (χ2v) is 7.52. The van der Waals surface area contributed by atoms with Gasteiger partial charge in [0.25, 0.3) is 5.56 Å². The van der Waals surface area contributed by atoms with Crippen molar-refractivity contribution in [2.75, 3.05) is 18.4 Å². The van der Waals surface area contributed by atoms with Gasteiger partial charge in [0.15, 0.2) is 0 Å². The highest BCUT2D eigenvalue weighted by atomic mass is 19.4. The van der Waals surface area contributed by atoms with Crippen LogP contribution in [0.1, 0.15) is 24.0 Å². The summed E-state index contributed by atoms with van der Waals surface area (Å²) in [6.07, 6.45) is -0.618. The highest BCUT2D eigenvalue weighted by Gasteiger charge is 2.30. The molecule has 1 fully saturated rings. The molecular formula is C22H22F3N3O. The van der Waals surface area contributed by atoms with Crippen LogP contribution in [-0.4, -0.2) is 29.0 Å². The molecule has 0 saturated carbocycles. The fourth-order valence-electron chi connectivity index (χ4n) is 3.89. The van der Waals surface area contributed by atoms with E-state index in [4.69, 9.17) is 0 Å². The quantitative estimate of drug-likeness (QED) is 0.671. The number of anilines is 1. The molecule has 1 atom stereocenters. The Morgan fingerprint density at radius 3 is 2.66 bits per heavy atom. The average Bonchev–Trinajstić information content (AvgIpc) is 2.68. The van der Waals surface area contributed by atoms with Gasteiger partial charge in [-0.15, -0.1) is 0 Å². The molecule has 7 heteroatoms. The first-order valence-electron chi connectivity index (χ1n) is 9.65. The van der Waals surface area contributed by atoms with E-state index in [0.29, 0.717) is 11.9 Å². The predicted molar refractivity (Wildman–Crippen MR) is 108 cm³/mol. The van der Waals surface area contributed by atoms with E-state index in [-0.39, 0.29) is 11.6 Å². The lowest BCUT2D eigenvalue weighted by molar-refractivity contribution is -0.137. The molecule has 3 aromatic rings. The highest BCUT2D eigenvalue weighted by molar-refractivity contribution is 5.84. The van der Waals surface area contributed by atoms with E-state index in [9.17, 15) is 18.0 Å². The number of aromatic nitrogens is 1. The molecule has 0 amide bonds. The Kier molecular flexibility index (Phi) is 5.32. The van der Waals surface area contributed by atoms with Crippen molar-refractivity contribution in [1.82, 2.24) is 9.88 Å². The SMILES string of the molecule is O=c1[nH]ccc2cc(N[C@@H]3CCCN(Cc4ccc(C(F)(F)F)cc4)C3)ccc12. The number of piperidine rings is 1. The third kappa shape index (κ3) is 4.62. The van der Waals surface area contributed by atoms with E-state index in [1.807, 2.05) is 24.3 Å². The van der Waals surface area contributed by atoms with Gasteiger partial charge in [-0.1, -0.05) is 12.1 Å². The number of nitrogens with zero attached hydrogens (tertiary/aromatic N) is 1. The third-order valence-electron chi connectivity index (χ3n) is 5.34. The standard InChI is InChI=1S/C22H22F3N3O/c23-22(24,25)17-5-3-15(4-6-17)13-28-11-1-2-19(14-28)27-18-7-8-20-16(12-18)9-10-26-21(20)29/h3-10,12,19,27H,1-2,11,13-14H2,(H,26,29)/t19-/m1/s1. The Hall–Kier alpha value is -2.80. The van der Waals surface area contributed by atoms with Gasteiger partial charge >= 0.3 is 6.18 Å². The Balaban J connectivity index is 1.40. The van der Waals surface area contributed by atoms with Crippen LogP contribution in [0, 0.1) is 0 Å². The molecule has 4 rings (SSSR count). The second-order valence-electron chi connectivity index (χ2n) is 7.52. The molecule has 0 bridgehead atoms. The normalized spacial score (nSPS) is 18.1. The Bertz CT molecular complexity index is 1040. The summed E-state index contributed by atoms with van der Waals surface area (Å²) in [7, 11) is 0. The fourth-order valence-corrected chi connectivity index (χ4v) is 3.89. The number of hydrogen-bond acceptors (Lipinski definition) is 3. The van der Waals surface area contributed by atoms with Gasteiger partial charge in [-0.05, 0) is 66.7 Å². The van der Waals surface area contributed by atoms with Crippen LogP contribution >= 0.6 is 0 Å².